The summed E-state index contributed by atoms with van der Waals surface area (Å²) >= 11 is 3.26. The minimum Gasteiger partial charge on any atom is -0.293 e. The van der Waals surface area contributed by atoms with E-state index in [-0.39, 0.29) is 11.5 Å². The molecule has 0 radical (unpaired) electrons. The van der Waals surface area contributed by atoms with Gasteiger partial charge in [0.2, 0.25) is 0 Å². The van der Waals surface area contributed by atoms with Crippen LogP contribution in [0.4, 0.5) is 0 Å². The van der Waals surface area contributed by atoms with E-state index >= 15 is 0 Å². The van der Waals surface area contributed by atoms with E-state index in [9.17, 15) is 13.2 Å². The summed E-state index contributed by atoms with van der Waals surface area (Å²) in [7, 11) is -3.46. The second-order valence-corrected chi connectivity index (χ2v) is 7.43. The maximum Gasteiger partial charge on any atom is 0.177 e. The molecule has 104 valence electrons. The van der Waals surface area contributed by atoms with Crippen LogP contribution in [0.15, 0.2) is 59.1 Å². The maximum absolute atomic E-state index is 12.0. The van der Waals surface area contributed by atoms with E-state index < -0.39 is 15.6 Å². The first kappa shape index (κ1) is 14.9. The number of hydrogen-bond donors (Lipinski definition) is 0. The first-order valence-electron chi connectivity index (χ1n) is 5.99. The van der Waals surface area contributed by atoms with Crippen LogP contribution >= 0.6 is 15.9 Å². The molecule has 2 rings (SSSR count). The average molecular weight is 353 g/mol. The van der Waals surface area contributed by atoms with Crippen LogP contribution in [0.2, 0.25) is 0 Å². The number of benzene rings is 2. The minimum absolute atomic E-state index is 0.117. The molecule has 2 aromatic carbocycles. The van der Waals surface area contributed by atoms with Crippen molar-refractivity contribution in [2.75, 3.05) is 5.75 Å². The SMILES string of the molecule is O=C(CS(=O)(=O)Cc1ccccc1)c1cccc(Br)c1. The molecule has 0 unspecified atom stereocenters. The number of Topliss-reactive ketones (excluding diaryl/α,β-unsaturated/α-hetero) is 1. The minimum atomic E-state index is -3.46. The summed E-state index contributed by atoms with van der Waals surface area (Å²) in [6, 6.07) is 15.6. The Hall–Kier alpha value is -1.46. The molecular weight excluding hydrogens is 340 g/mol. The zero-order valence-corrected chi connectivity index (χ0v) is 13.0. The first-order valence-corrected chi connectivity index (χ1v) is 8.61. The van der Waals surface area contributed by atoms with Crippen molar-refractivity contribution in [2.45, 2.75) is 5.75 Å². The van der Waals surface area contributed by atoms with Crippen molar-refractivity contribution in [1.82, 2.24) is 0 Å². The molecule has 0 fully saturated rings. The Morgan fingerprint density at radius 1 is 1.00 bits per heavy atom. The Morgan fingerprint density at radius 2 is 1.70 bits per heavy atom. The summed E-state index contributed by atoms with van der Waals surface area (Å²) in [6.45, 7) is 0. The third-order valence-electron chi connectivity index (χ3n) is 2.73. The number of ketones is 1. The number of halogens is 1. The van der Waals surface area contributed by atoms with Crippen molar-refractivity contribution in [3.8, 4) is 0 Å². The topological polar surface area (TPSA) is 51.2 Å². The van der Waals surface area contributed by atoms with Crippen LogP contribution in [-0.2, 0) is 15.6 Å². The number of rotatable bonds is 5. The summed E-state index contributed by atoms with van der Waals surface area (Å²) < 4.78 is 24.8. The van der Waals surface area contributed by atoms with Gasteiger partial charge in [0.25, 0.3) is 0 Å². The lowest BCUT2D eigenvalue weighted by atomic mass is 10.2. The summed E-state index contributed by atoms with van der Waals surface area (Å²) in [6.07, 6.45) is 0. The molecule has 0 spiro atoms. The highest BCUT2D eigenvalue weighted by atomic mass is 79.9. The molecule has 3 nitrogen and oxygen atoms in total. The normalized spacial score (nSPS) is 11.2. The molecule has 0 atom stereocenters. The molecule has 20 heavy (non-hydrogen) atoms. The summed E-state index contributed by atoms with van der Waals surface area (Å²) in [4.78, 5) is 12.0. The van der Waals surface area contributed by atoms with Crippen molar-refractivity contribution in [1.29, 1.82) is 0 Å². The Kier molecular flexibility index (Phi) is 4.73. The van der Waals surface area contributed by atoms with Gasteiger partial charge >= 0.3 is 0 Å². The Labute approximate surface area is 126 Å². The zero-order chi connectivity index (χ0) is 14.6. The fourth-order valence-corrected chi connectivity index (χ4v) is 3.59. The molecule has 2 aromatic rings. The molecule has 0 aliphatic carbocycles. The molecule has 0 aromatic heterocycles. The molecule has 0 amide bonds. The second kappa shape index (κ2) is 6.33. The average Bonchev–Trinajstić information content (AvgIpc) is 2.38. The summed E-state index contributed by atoms with van der Waals surface area (Å²) in [5.41, 5.74) is 1.09. The van der Waals surface area contributed by atoms with E-state index in [1.807, 2.05) is 6.07 Å². The predicted molar refractivity (Wildman–Crippen MR) is 82.4 cm³/mol. The van der Waals surface area contributed by atoms with Crippen molar-refractivity contribution < 1.29 is 13.2 Å². The molecule has 0 saturated heterocycles. The van der Waals surface area contributed by atoms with Crippen LogP contribution in [0.5, 0.6) is 0 Å². The van der Waals surface area contributed by atoms with Gasteiger partial charge < -0.3 is 0 Å². The van der Waals surface area contributed by atoms with Crippen LogP contribution in [0.1, 0.15) is 15.9 Å². The summed E-state index contributed by atoms with van der Waals surface area (Å²) in [5, 5.41) is 0. The number of carbonyl (C=O) groups excluding carboxylic acids is 1. The standard InChI is InChI=1S/C15H13BrO3S/c16-14-8-4-7-13(9-14)15(17)11-20(18,19)10-12-5-2-1-3-6-12/h1-9H,10-11H2. The predicted octanol–water partition coefficient (Wildman–Crippen LogP) is 3.25. The van der Waals surface area contributed by atoms with Gasteiger partial charge in [0, 0.05) is 10.0 Å². The first-order chi connectivity index (χ1) is 9.46. The van der Waals surface area contributed by atoms with Gasteiger partial charge in [0.15, 0.2) is 15.6 Å². The molecule has 0 N–H and O–H groups in total. The number of hydrogen-bond acceptors (Lipinski definition) is 3. The molecule has 0 heterocycles. The van der Waals surface area contributed by atoms with Gasteiger partial charge in [-0.05, 0) is 17.7 Å². The largest absolute Gasteiger partial charge is 0.293 e. The van der Waals surface area contributed by atoms with Gasteiger partial charge in [-0.2, -0.15) is 0 Å². The Balaban J connectivity index is 2.10. The van der Waals surface area contributed by atoms with E-state index in [4.69, 9.17) is 0 Å². The smallest absolute Gasteiger partial charge is 0.177 e. The Morgan fingerprint density at radius 3 is 2.35 bits per heavy atom. The fourth-order valence-electron chi connectivity index (χ4n) is 1.82. The van der Waals surface area contributed by atoms with Crippen LogP contribution in [0.3, 0.4) is 0 Å². The highest BCUT2D eigenvalue weighted by Gasteiger charge is 2.18. The van der Waals surface area contributed by atoms with Crippen LogP contribution in [0, 0.1) is 0 Å². The lowest BCUT2D eigenvalue weighted by Crippen LogP contribution is -2.18. The van der Waals surface area contributed by atoms with E-state index in [1.54, 1.807) is 48.5 Å². The van der Waals surface area contributed by atoms with Crippen molar-refractivity contribution in [3.05, 3.63) is 70.2 Å². The number of carbonyl (C=O) groups is 1. The fraction of sp³-hybridized carbons (Fsp3) is 0.133. The van der Waals surface area contributed by atoms with Gasteiger partial charge in [-0.15, -0.1) is 0 Å². The van der Waals surface area contributed by atoms with Crippen molar-refractivity contribution in [3.63, 3.8) is 0 Å². The van der Waals surface area contributed by atoms with Gasteiger partial charge in [0.05, 0.1) is 5.75 Å². The quantitative estimate of drug-likeness (QED) is 0.776. The molecule has 0 aliphatic rings. The van der Waals surface area contributed by atoms with Gasteiger partial charge in [0.1, 0.15) is 5.75 Å². The molecule has 0 bridgehead atoms. The summed E-state index contributed by atoms with van der Waals surface area (Å²) in [5.74, 6) is -0.978. The van der Waals surface area contributed by atoms with Gasteiger partial charge in [-0.25, -0.2) is 8.42 Å². The highest BCUT2D eigenvalue weighted by molar-refractivity contribution is 9.10. The molecule has 0 aliphatic heterocycles. The van der Waals surface area contributed by atoms with Crippen LogP contribution in [0.25, 0.3) is 0 Å². The van der Waals surface area contributed by atoms with Gasteiger partial charge in [-0.1, -0.05) is 58.4 Å². The van der Waals surface area contributed by atoms with Gasteiger partial charge in [-0.3, -0.25) is 4.79 Å². The monoisotopic (exact) mass is 352 g/mol. The molecule has 5 heteroatoms. The zero-order valence-electron chi connectivity index (χ0n) is 10.6. The third kappa shape index (κ3) is 4.28. The second-order valence-electron chi connectivity index (χ2n) is 4.45. The van der Waals surface area contributed by atoms with E-state index in [1.165, 1.54) is 0 Å². The lowest BCUT2D eigenvalue weighted by molar-refractivity contribution is 0.102. The van der Waals surface area contributed by atoms with E-state index in [0.717, 1.165) is 4.47 Å². The van der Waals surface area contributed by atoms with E-state index in [2.05, 4.69) is 15.9 Å². The van der Waals surface area contributed by atoms with Crippen molar-refractivity contribution in [2.24, 2.45) is 0 Å². The third-order valence-corrected chi connectivity index (χ3v) is 4.70. The lowest BCUT2D eigenvalue weighted by Gasteiger charge is -2.04. The van der Waals surface area contributed by atoms with Crippen LogP contribution < -0.4 is 0 Å². The molecule has 0 saturated carbocycles. The highest BCUT2D eigenvalue weighted by Crippen LogP contribution is 2.14. The van der Waals surface area contributed by atoms with E-state index in [0.29, 0.717) is 11.1 Å². The van der Waals surface area contributed by atoms with Crippen molar-refractivity contribution >= 4 is 31.6 Å². The number of sulfone groups is 1. The maximum atomic E-state index is 12.0. The molecular formula is C15H13BrO3S. The Bertz CT molecular complexity index is 709. The van der Waals surface area contributed by atoms with Crippen LogP contribution in [-0.4, -0.2) is 20.0 Å².